The van der Waals surface area contributed by atoms with Gasteiger partial charge in [0.1, 0.15) is 5.78 Å². The van der Waals surface area contributed by atoms with Gasteiger partial charge in [-0.05, 0) is 42.9 Å². The summed E-state index contributed by atoms with van der Waals surface area (Å²) in [6.45, 7) is 6.38. The number of aryl methyl sites for hydroxylation is 1. The number of rotatable bonds is 1. The summed E-state index contributed by atoms with van der Waals surface area (Å²) in [6, 6.07) is 6.43. The van der Waals surface area contributed by atoms with Gasteiger partial charge in [-0.3, -0.25) is 4.79 Å². The summed E-state index contributed by atoms with van der Waals surface area (Å²) < 4.78 is 0. The van der Waals surface area contributed by atoms with Crippen LogP contribution in [0.25, 0.3) is 0 Å². The molecule has 0 aromatic heterocycles. The van der Waals surface area contributed by atoms with Gasteiger partial charge >= 0.3 is 0 Å². The lowest BCUT2D eigenvalue weighted by atomic mass is 9.86. The van der Waals surface area contributed by atoms with E-state index >= 15 is 0 Å². The Morgan fingerprint density at radius 3 is 2.60 bits per heavy atom. The molecule has 15 heavy (non-hydrogen) atoms. The van der Waals surface area contributed by atoms with E-state index in [0.29, 0.717) is 11.7 Å². The molecular weight excluding hydrogens is 184 g/mol. The molecule has 0 N–H and O–H groups in total. The number of carbonyl (C=O) groups excluding carboxylic acids is 1. The second-order valence-corrected chi connectivity index (χ2v) is 4.69. The summed E-state index contributed by atoms with van der Waals surface area (Å²) in [5.74, 6) is 1.10. The highest BCUT2D eigenvalue weighted by Crippen LogP contribution is 2.38. The van der Waals surface area contributed by atoms with E-state index in [9.17, 15) is 4.79 Å². The Labute approximate surface area is 91.5 Å². The van der Waals surface area contributed by atoms with E-state index in [1.165, 1.54) is 16.7 Å². The van der Waals surface area contributed by atoms with Crippen LogP contribution < -0.4 is 0 Å². The van der Waals surface area contributed by atoms with Gasteiger partial charge in [0.2, 0.25) is 0 Å². The SMILES string of the molecule is Cc1cccc(C2CCC(=O)C2C)c1C. The predicted molar refractivity (Wildman–Crippen MR) is 62.1 cm³/mol. The maximum atomic E-state index is 11.6. The molecule has 0 heterocycles. The second kappa shape index (κ2) is 3.80. The number of benzene rings is 1. The summed E-state index contributed by atoms with van der Waals surface area (Å²) in [5, 5.41) is 0. The Kier molecular flexibility index (Phi) is 2.64. The molecule has 1 fully saturated rings. The van der Waals surface area contributed by atoms with Crippen molar-refractivity contribution in [2.24, 2.45) is 5.92 Å². The summed E-state index contributed by atoms with van der Waals surface area (Å²) in [4.78, 5) is 11.6. The summed E-state index contributed by atoms with van der Waals surface area (Å²) in [5.41, 5.74) is 4.08. The molecule has 1 aromatic rings. The fourth-order valence-electron chi connectivity index (χ4n) is 2.60. The fraction of sp³-hybridized carbons (Fsp3) is 0.500. The number of hydrogen-bond donors (Lipinski definition) is 0. The van der Waals surface area contributed by atoms with E-state index in [1.807, 2.05) is 0 Å². The normalized spacial score (nSPS) is 25.9. The van der Waals surface area contributed by atoms with Crippen LogP contribution in [0.5, 0.6) is 0 Å². The van der Waals surface area contributed by atoms with Crippen LogP contribution in [-0.4, -0.2) is 5.78 Å². The third kappa shape index (κ3) is 1.71. The van der Waals surface area contributed by atoms with Crippen molar-refractivity contribution in [1.29, 1.82) is 0 Å². The Hall–Kier alpha value is -1.11. The predicted octanol–water partition coefficient (Wildman–Crippen LogP) is 3.39. The number of carbonyl (C=O) groups is 1. The van der Waals surface area contributed by atoms with Gasteiger partial charge in [0.15, 0.2) is 0 Å². The zero-order valence-electron chi connectivity index (χ0n) is 9.71. The minimum absolute atomic E-state index is 0.213. The monoisotopic (exact) mass is 202 g/mol. The van der Waals surface area contributed by atoms with Crippen molar-refractivity contribution in [2.45, 2.75) is 39.5 Å². The minimum Gasteiger partial charge on any atom is -0.299 e. The highest BCUT2D eigenvalue weighted by molar-refractivity contribution is 5.84. The van der Waals surface area contributed by atoms with Crippen molar-refractivity contribution in [3.8, 4) is 0 Å². The smallest absolute Gasteiger partial charge is 0.136 e. The van der Waals surface area contributed by atoms with Crippen LogP contribution in [0, 0.1) is 19.8 Å². The maximum absolute atomic E-state index is 11.6. The molecule has 1 aliphatic rings. The molecule has 80 valence electrons. The van der Waals surface area contributed by atoms with Gasteiger partial charge in [-0.1, -0.05) is 25.1 Å². The van der Waals surface area contributed by atoms with Crippen molar-refractivity contribution < 1.29 is 4.79 Å². The third-order valence-electron chi connectivity index (χ3n) is 3.86. The molecule has 2 atom stereocenters. The van der Waals surface area contributed by atoms with E-state index in [2.05, 4.69) is 39.0 Å². The molecule has 2 rings (SSSR count). The Morgan fingerprint density at radius 2 is 2.00 bits per heavy atom. The zero-order chi connectivity index (χ0) is 11.0. The summed E-state index contributed by atoms with van der Waals surface area (Å²) in [7, 11) is 0. The first-order valence-electron chi connectivity index (χ1n) is 5.70. The lowest BCUT2D eigenvalue weighted by Crippen LogP contribution is -2.10. The molecular formula is C14H18O. The molecule has 0 radical (unpaired) electrons. The molecule has 2 unspecified atom stereocenters. The van der Waals surface area contributed by atoms with Gasteiger partial charge in [-0.25, -0.2) is 0 Å². The summed E-state index contributed by atoms with van der Waals surface area (Å²) >= 11 is 0. The Bertz CT molecular complexity index is 392. The van der Waals surface area contributed by atoms with Crippen LogP contribution in [0.2, 0.25) is 0 Å². The molecule has 0 saturated heterocycles. The standard InChI is InChI=1S/C14H18O/c1-9-5-4-6-12(10(9)2)13-7-8-14(15)11(13)3/h4-6,11,13H,7-8H2,1-3H3. The van der Waals surface area contributed by atoms with Gasteiger partial charge in [-0.15, -0.1) is 0 Å². The van der Waals surface area contributed by atoms with Crippen LogP contribution >= 0.6 is 0 Å². The van der Waals surface area contributed by atoms with Crippen LogP contribution in [0.1, 0.15) is 42.4 Å². The van der Waals surface area contributed by atoms with Crippen LogP contribution in [0.3, 0.4) is 0 Å². The average molecular weight is 202 g/mol. The molecule has 1 aliphatic carbocycles. The highest BCUT2D eigenvalue weighted by atomic mass is 16.1. The highest BCUT2D eigenvalue weighted by Gasteiger charge is 2.32. The first kappa shape index (κ1) is 10.4. The molecule has 1 nitrogen and oxygen atoms in total. The van der Waals surface area contributed by atoms with Crippen molar-refractivity contribution in [2.75, 3.05) is 0 Å². The van der Waals surface area contributed by atoms with E-state index in [0.717, 1.165) is 12.8 Å². The van der Waals surface area contributed by atoms with Gasteiger partial charge < -0.3 is 0 Å². The minimum atomic E-state index is 0.213. The molecule has 1 saturated carbocycles. The fourth-order valence-corrected chi connectivity index (χ4v) is 2.60. The van der Waals surface area contributed by atoms with Gasteiger partial charge in [0.05, 0.1) is 0 Å². The van der Waals surface area contributed by atoms with E-state index in [4.69, 9.17) is 0 Å². The van der Waals surface area contributed by atoms with Crippen molar-refractivity contribution in [1.82, 2.24) is 0 Å². The van der Waals surface area contributed by atoms with Crippen LogP contribution in [0.15, 0.2) is 18.2 Å². The van der Waals surface area contributed by atoms with Crippen molar-refractivity contribution in [3.05, 3.63) is 34.9 Å². The lowest BCUT2D eigenvalue weighted by molar-refractivity contribution is -0.120. The van der Waals surface area contributed by atoms with Crippen LogP contribution in [-0.2, 0) is 4.79 Å². The molecule has 1 aromatic carbocycles. The number of ketones is 1. The topological polar surface area (TPSA) is 17.1 Å². The average Bonchev–Trinajstić information content (AvgIpc) is 2.53. The second-order valence-electron chi connectivity index (χ2n) is 4.69. The molecule has 0 bridgehead atoms. The van der Waals surface area contributed by atoms with E-state index < -0.39 is 0 Å². The van der Waals surface area contributed by atoms with Gasteiger partial charge in [-0.2, -0.15) is 0 Å². The quantitative estimate of drug-likeness (QED) is 0.682. The van der Waals surface area contributed by atoms with E-state index in [-0.39, 0.29) is 5.92 Å². The summed E-state index contributed by atoms with van der Waals surface area (Å²) in [6.07, 6.45) is 1.80. The van der Waals surface area contributed by atoms with E-state index in [1.54, 1.807) is 0 Å². The Morgan fingerprint density at radius 1 is 1.27 bits per heavy atom. The molecule has 1 heteroatoms. The first-order valence-corrected chi connectivity index (χ1v) is 5.70. The van der Waals surface area contributed by atoms with Gasteiger partial charge in [0.25, 0.3) is 0 Å². The lowest BCUT2D eigenvalue weighted by Gasteiger charge is -2.18. The first-order chi connectivity index (χ1) is 7.11. The molecule has 0 aliphatic heterocycles. The number of Topliss-reactive ketones (excluding diaryl/α,β-unsaturated/α-hetero) is 1. The van der Waals surface area contributed by atoms with Crippen molar-refractivity contribution >= 4 is 5.78 Å². The molecule has 0 amide bonds. The third-order valence-corrected chi connectivity index (χ3v) is 3.86. The van der Waals surface area contributed by atoms with Gasteiger partial charge in [0, 0.05) is 12.3 Å². The number of hydrogen-bond acceptors (Lipinski definition) is 1. The molecule has 0 spiro atoms. The largest absolute Gasteiger partial charge is 0.299 e. The maximum Gasteiger partial charge on any atom is 0.136 e. The van der Waals surface area contributed by atoms with Crippen molar-refractivity contribution in [3.63, 3.8) is 0 Å². The zero-order valence-corrected chi connectivity index (χ0v) is 9.71. The van der Waals surface area contributed by atoms with Crippen LogP contribution in [0.4, 0.5) is 0 Å². The Balaban J connectivity index is 2.38.